The molecule has 0 radical (unpaired) electrons. The van der Waals surface area contributed by atoms with Crippen LogP contribution in [0.2, 0.25) is 5.02 Å². The quantitative estimate of drug-likeness (QED) is 0.894. The highest BCUT2D eigenvalue weighted by Crippen LogP contribution is 2.30. The monoisotopic (exact) mass is 344 g/mol. The minimum absolute atomic E-state index is 0.0557. The molecule has 0 bridgehead atoms. The molecule has 0 aliphatic carbocycles. The van der Waals surface area contributed by atoms with Crippen molar-refractivity contribution in [2.75, 3.05) is 0 Å². The van der Waals surface area contributed by atoms with E-state index in [0.717, 1.165) is 4.47 Å². The minimum atomic E-state index is -0.475. The molecule has 0 spiro atoms. The minimum Gasteiger partial charge on any atom is -0.487 e. The highest BCUT2D eigenvalue weighted by molar-refractivity contribution is 9.10. The molecular formula is C14H11BrClFO2. The number of aliphatic hydroxyl groups is 1. The van der Waals surface area contributed by atoms with E-state index in [1.54, 1.807) is 24.3 Å². The average molecular weight is 346 g/mol. The average Bonchev–Trinajstić information content (AvgIpc) is 2.41. The Morgan fingerprint density at radius 1 is 1.16 bits per heavy atom. The molecule has 0 heterocycles. The van der Waals surface area contributed by atoms with E-state index < -0.39 is 5.82 Å². The van der Waals surface area contributed by atoms with Gasteiger partial charge >= 0.3 is 0 Å². The number of ether oxygens (including phenoxy) is 1. The number of hydrogen-bond donors (Lipinski definition) is 1. The number of halogens is 3. The van der Waals surface area contributed by atoms with Crippen molar-refractivity contribution in [2.24, 2.45) is 0 Å². The van der Waals surface area contributed by atoms with E-state index in [-0.39, 0.29) is 18.2 Å². The van der Waals surface area contributed by atoms with E-state index in [2.05, 4.69) is 15.9 Å². The molecule has 0 aliphatic heterocycles. The van der Waals surface area contributed by atoms with Gasteiger partial charge in [-0.3, -0.25) is 0 Å². The third-order valence-electron chi connectivity index (χ3n) is 2.62. The summed E-state index contributed by atoms with van der Waals surface area (Å²) in [5, 5.41) is 9.31. The third kappa shape index (κ3) is 3.26. The Morgan fingerprint density at radius 2 is 1.84 bits per heavy atom. The van der Waals surface area contributed by atoms with Gasteiger partial charge < -0.3 is 9.84 Å². The molecule has 0 aliphatic rings. The molecule has 5 heteroatoms. The summed E-state index contributed by atoms with van der Waals surface area (Å²) in [7, 11) is 0. The van der Waals surface area contributed by atoms with Crippen LogP contribution in [0.15, 0.2) is 40.9 Å². The van der Waals surface area contributed by atoms with Gasteiger partial charge in [0.2, 0.25) is 0 Å². The van der Waals surface area contributed by atoms with Crippen LogP contribution >= 0.6 is 27.5 Å². The van der Waals surface area contributed by atoms with Crippen molar-refractivity contribution in [1.82, 2.24) is 0 Å². The number of para-hydroxylation sites is 1. The topological polar surface area (TPSA) is 29.5 Å². The van der Waals surface area contributed by atoms with Crippen molar-refractivity contribution in [1.29, 1.82) is 0 Å². The van der Waals surface area contributed by atoms with E-state index in [9.17, 15) is 9.50 Å². The number of hydrogen-bond acceptors (Lipinski definition) is 2. The Kier molecular flexibility index (Phi) is 4.80. The zero-order valence-corrected chi connectivity index (χ0v) is 12.2. The second kappa shape index (κ2) is 6.37. The maximum Gasteiger partial charge on any atom is 0.142 e. The molecule has 19 heavy (non-hydrogen) atoms. The summed E-state index contributed by atoms with van der Waals surface area (Å²) in [6, 6.07) is 9.93. The molecule has 2 rings (SSSR count). The molecule has 0 saturated heterocycles. The number of rotatable bonds is 4. The fraction of sp³-hybridized carbons (Fsp3) is 0.143. The normalized spacial score (nSPS) is 10.5. The van der Waals surface area contributed by atoms with Crippen molar-refractivity contribution in [3.05, 3.63) is 62.8 Å². The van der Waals surface area contributed by atoms with E-state index in [1.165, 1.54) is 6.07 Å². The predicted octanol–water partition coefficient (Wildman–Crippen LogP) is 4.31. The Bertz CT molecular complexity index is 590. The van der Waals surface area contributed by atoms with Crippen molar-refractivity contribution in [2.45, 2.75) is 13.2 Å². The molecule has 0 fully saturated rings. The van der Waals surface area contributed by atoms with Gasteiger partial charge in [-0.25, -0.2) is 4.39 Å². The smallest absolute Gasteiger partial charge is 0.142 e. The molecule has 2 nitrogen and oxygen atoms in total. The van der Waals surface area contributed by atoms with Crippen LogP contribution in [0.4, 0.5) is 4.39 Å². The Hall–Kier alpha value is -1.10. The largest absolute Gasteiger partial charge is 0.487 e. The zero-order valence-electron chi connectivity index (χ0n) is 9.87. The van der Waals surface area contributed by atoms with E-state index in [1.807, 2.05) is 6.07 Å². The Balaban J connectivity index is 2.21. The maximum absolute atomic E-state index is 13.3. The van der Waals surface area contributed by atoms with Crippen LogP contribution < -0.4 is 4.74 Å². The van der Waals surface area contributed by atoms with E-state index >= 15 is 0 Å². The zero-order chi connectivity index (χ0) is 13.8. The van der Waals surface area contributed by atoms with Crippen LogP contribution in [0.5, 0.6) is 5.75 Å². The highest BCUT2D eigenvalue weighted by Gasteiger charge is 2.10. The first-order valence-corrected chi connectivity index (χ1v) is 6.74. The molecule has 0 aromatic heterocycles. The maximum atomic E-state index is 13.3. The molecule has 0 amide bonds. The van der Waals surface area contributed by atoms with Crippen LogP contribution in [-0.2, 0) is 13.2 Å². The Morgan fingerprint density at radius 3 is 2.58 bits per heavy atom. The van der Waals surface area contributed by atoms with Crippen LogP contribution in [0.3, 0.4) is 0 Å². The summed E-state index contributed by atoms with van der Waals surface area (Å²) in [5.74, 6) is 0.0580. The standard InChI is InChI=1S/C14H11BrClFO2/c15-11-5-1-3-9(7-18)14(11)19-8-10-4-2-6-12(17)13(10)16/h1-6,18H,7-8H2. The first-order valence-electron chi connectivity index (χ1n) is 5.57. The molecule has 0 saturated carbocycles. The molecule has 100 valence electrons. The molecule has 0 atom stereocenters. The lowest BCUT2D eigenvalue weighted by molar-refractivity contribution is 0.258. The fourth-order valence-corrected chi connectivity index (χ4v) is 2.35. The van der Waals surface area contributed by atoms with Gasteiger partial charge in [0.15, 0.2) is 0 Å². The van der Waals surface area contributed by atoms with Crippen LogP contribution in [0.25, 0.3) is 0 Å². The summed E-state index contributed by atoms with van der Waals surface area (Å²) in [4.78, 5) is 0. The van der Waals surface area contributed by atoms with Gasteiger partial charge in [0.25, 0.3) is 0 Å². The highest BCUT2D eigenvalue weighted by atomic mass is 79.9. The molecule has 2 aromatic carbocycles. The van der Waals surface area contributed by atoms with Gasteiger partial charge in [-0.2, -0.15) is 0 Å². The molecule has 0 unspecified atom stereocenters. The second-order valence-electron chi connectivity index (χ2n) is 3.89. The summed E-state index contributed by atoms with van der Waals surface area (Å²) < 4.78 is 19.6. The van der Waals surface area contributed by atoms with Crippen molar-refractivity contribution >= 4 is 27.5 Å². The van der Waals surface area contributed by atoms with Gasteiger partial charge in [-0.1, -0.05) is 35.9 Å². The number of benzene rings is 2. The van der Waals surface area contributed by atoms with Gasteiger partial charge in [0.05, 0.1) is 16.1 Å². The van der Waals surface area contributed by atoms with Crippen molar-refractivity contribution < 1.29 is 14.2 Å². The van der Waals surface area contributed by atoms with Gasteiger partial charge in [-0.05, 0) is 28.1 Å². The lowest BCUT2D eigenvalue weighted by Crippen LogP contribution is -2.01. The first-order chi connectivity index (χ1) is 9.13. The van der Waals surface area contributed by atoms with Gasteiger partial charge in [0.1, 0.15) is 18.2 Å². The molecular weight excluding hydrogens is 335 g/mol. The fourth-order valence-electron chi connectivity index (χ4n) is 1.65. The van der Waals surface area contributed by atoms with Gasteiger partial charge in [-0.15, -0.1) is 0 Å². The summed E-state index contributed by atoms with van der Waals surface area (Å²) in [6.45, 7) is -0.00212. The van der Waals surface area contributed by atoms with Crippen LogP contribution in [0, 0.1) is 5.82 Å². The lowest BCUT2D eigenvalue weighted by atomic mass is 10.2. The second-order valence-corrected chi connectivity index (χ2v) is 5.12. The van der Waals surface area contributed by atoms with Crippen molar-refractivity contribution in [3.8, 4) is 5.75 Å². The number of aliphatic hydroxyl groups excluding tert-OH is 1. The molecule has 1 N–H and O–H groups in total. The first kappa shape index (κ1) is 14.3. The van der Waals surface area contributed by atoms with Crippen LogP contribution in [0.1, 0.15) is 11.1 Å². The summed E-state index contributed by atoms with van der Waals surface area (Å²) >= 11 is 9.21. The molecule has 2 aromatic rings. The summed E-state index contributed by atoms with van der Waals surface area (Å²) in [6.07, 6.45) is 0. The predicted molar refractivity (Wildman–Crippen MR) is 75.8 cm³/mol. The summed E-state index contributed by atoms with van der Waals surface area (Å²) in [5.41, 5.74) is 1.21. The van der Waals surface area contributed by atoms with E-state index in [4.69, 9.17) is 16.3 Å². The third-order valence-corrected chi connectivity index (χ3v) is 3.67. The van der Waals surface area contributed by atoms with Gasteiger partial charge in [0, 0.05) is 11.1 Å². The SMILES string of the molecule is OCc1cccc(Br)c1OCc1cccc(F)c1Cl. The Labute approximate surface area is 123 Å². The van der Waals surface area contributed by atoms with E-state index in [0.29, 0.717) is 16.9 Å². The lowest BCUT2D eigenvalue weighted by Gasteiger charge is -2.13. The van der Waals surface area contributed by atoms with Crippen molar-refractivity contribution in [3.63, 3.8) is 0 Å². The van der Waals surface area contributed by atoms with Crippen LogP contribution in [-0.4, -0.2) is 5.11 Å².